The number of carboxylic acids is 1. The number of para-hydroxylation sites is 1. The zero-order chi connectivity index (χ0) is 30.8. The molecule has 6 rings (SSSR count). The fourth-order valence-electron chi connectivity index (χ4n) is 5.25. The van der Waals surface area contributed by atoms with E-state index in [4.69, 9.17) is 4.42 Å². The van der Waals surface area contributed by atoms with Gasteiger partial charge in [0.25, 0.3) is 5.91 Å². The van der Waals surface area contributed by atoms with Gasteiger partial charge in [-0.3, -0.25) is 4.79 Å². The third-order valence-corrected chi connectivity index (χ3v) is 7.62. The average molecular weight is 594 g/mol. The number of anilines is 3. The topological polar surface area (TPSA) is 128 Å². The molecule has 10 nitrogen and oxygen atoms in total. The lowest BCUT2D eigenvalue weighted by Gasteiger charge is -2.35. The van der Waals surface area contributed by atoms with E-state index in [1.54, 1.807) is 78.7 Å². The maximum atomic E-state index is 14.3. The van der Waals surface area contributed by atoms with Crippen molar-refractivity contribution in [1.82, 2.24) is 9.88 Å². The summed E-state index contributed by atoms with van der Waals surface area (Å²) in [6, 6.07) is 21.3. The first-order valence-corrected chi connectivity index (χ1v) is 14.0. The van der Waals surface area contributed by atoms with E-state index in [0.29, 0.717) is 60.0 Å². The second-order valence-corrected chi connectivity index (χ2v) is 10.4. The molecule has 44 heavy (non-hydrogen) atoms. The van der Waals surface area contributed by atoms with Gasteiger partial charge in [-0.15, -0.1) is 0 Å². The number of aryl methyl sites for hydroxylation is 1. The van der Waals surface area contributed by atoms with Crippen LogP contribution in [0, 0.1) is 12.7 Å². The van der Waals surface area contributed by atoms with E-state index in [1.165, 1.54) is 12.1 Å². The fraction of sp³-hybridized carbons (Fsp3) is 0.152. The van der Waals surface area contributed by atoms with E-state index in [0.717, 1.165) is 5.39 Å². The first-order valence-electron chi connectivity index (χ1n) is 14.0. The minimum Gasteiger partial charge on any atom is -0.478 e. The smallest absolute Gasteiger partial charge is 0.337 e. The highest BCUT2D eigenvalue weighted by molar-refractivity contribution is 6.07. The van der Waals surface area contributed by atoms with Crippen LogP contribution >= 0.6 is 0 Å². The molecule has 0 bridgehead atoms. The van der Waals surface area contributed by atoms with Crippen LogP contribution in [0.25, 0.3) is 22.1 Å². The third kappa shape index (κ3) is 5.67. The third-order valence-electron chi connectivity index (χ3n) is 7.62. The summed E-state index contributed by atoms with van der Waals surface area (Å²) in [6.07, 6.45) is 1.56. The number of carbonyl (C=O) groups is 3. The number of hydrogen-bond acceptors (Lipinski definition) is 6. The molecular formula is C33H28FN5O5. The molecule has 1 aliphatic heterocycles. The normalized spacial score (nSPS) is 13.1. The lowest BCUT2D eigenvalue weighted by atomic mass is 10.0. The number of urea groups is 1. The summed E-state index contributed by atoms with van der Waals surface area (Å²) < 4.78 is 20.2. The van der Waals surface area contributed by atoms with Gasteiger partial charge in [0.05, 0.1) is 23.1 Å². The van der Waals surface area contributed by atoms with Gasteiger partial charge in [0.2, 0.25) is 0 Å². The Kier molecular flexibility index (Phi) is 7.67. The van der Waals surface area contributed by atoms with Crippen molar-refractivity contribution in [2.24, 2.45) is 0 Å². The largest absolute Gasteiger partial charge is 0.478 e. The average Bonchev–Trinajstić information content (AvgIpc) is 3.37. The first-order chi connectivity index (χ1) is 21.3. The van der Waals surface area contributed by atoms with Crippen LogP contribution in [0.5, 0.6) is 0 Å². The number of carboxylic acid groups (broad SMARTS) is 1. The molecule has 1 saturated heterocycles. The van der Waals surface area contributed by atoms with E-state index in [-0.39, 0.29) is 28.9 Å². The maximum absolute atomic E-state index is 14.3. The van der Waals surface area contributed by atoms with Crippen molar-refractivity contribution in [1.29, 1.82) is 0 Å². The molecule has 3 amide bonds. The van der Waals surface area contributed by atoms with Gasteiger partial charge in [-0.25, -0.2) is 19.0 Å². The predicted octanol–water partition coefficient (Wildman–Crippen LogP) is 6.25. The van der Waals surface area contributed by atoms with Crippen molar-refractivity contribution in [2.45, 2.75) is 6.92 Å². The summed E-state index contributed by atoms with van der Waals surface area (Å²) in [7, 11) is 0. The molecule has 11 heteroatoms. The fourth-order valence-corrected chi connectivity index (χ4v) is 5.25. The van der Waals surface area contributed by atoms with Crippen LogP contribution in [0.3, 0.4) is 0 Å². The van der Waals surface area contributed by atoms with Crippen LogP contribution in [0.4, 0.5) is 26.4 Å². The number of fused-ring (bicyclic) bond motifs is 1. The Morgan fingerprint density at radius 3 is 2.39 bits per heavy atom. The Balaban J connectivity index is 1.07. The Labute approximate surface area is 251 Å². The minimum absolute atomic E-state index is 0.0280. The highest BCUT2D eigenvalue weighted by atomic mass is 19.1. The molecule has 1 fully saturated rings. The van der Waals surface area contributed by atoms with Crippen molar-refractivity contribution in [3.05, 3.63) is 108 Å². The van der Waals surface area contributed by atoms with Crippen molar-refractivity contribution in [3.63, 3.8) is 0 Å². The van der Waals surface area contributed by atoms with Crippen LogP contribution in [0.15, 0.2) is 89.5 Å². The van der Waals surface area contributed by atoms with Crippen molar-refractivity contribution in [2.75, 3.05) is 41.7 Å². The van der Waals surface area contributed by atoms with Crippen molar-refractivity contribution in [3.8, 4) is 11.1 Å². The molecule has 3 aromatic carbocycles. The van der Waals surface area contributed by atoms with E-state index in [2.05, 4.69) is 15.6 Å². The number of furan rings is 1. The van der Waals surface area contributed by atoms with Crippen molar-refractivity contribution < 1.29 is 28.3 Å². The second-order valence-electron chi connectivity index (χ2n) is 10.4. The zero-order valence-electron chi connectivity index (χ0n) is 23.7. The molecule has 1 aliphatic rings. The number of aromatic carboxylic acids is 1. The number of amides is 3. The summed E-state index contributed by atoms with van der Waals surface area (Å²) in [4.78, 5) is 45.4. The highest BCUT2D eigenvalue weighted by Crippen LogP contribution is 2.32. The van der Waals surface area contributed by atoms with Crippen LogP contribution < -0.4 is 15.5 Å². The number of rotatable bonds is 6. The highest BCUT2D eigenvalue weighted by Gasteiger charge is 2.24. The van der Waals surface area contributed by atoms with Crippen LogP contribution in [0.1, 0.15) is 26.5 Å². The monoisotopic (exact) mass is 593 g/mol. The maximum Gasteiger partial charge on any atom is 0.337 e. The molecule has 3 heterocycles. The van der Waals surface area contributed by atoms with Gasteiger partial charge in [0.1, 0.15) is 17.2 Å². The number of pyridine rings is 1. The number of aromatic nitrogens is 1. The van der Waals surface area contributed by atoms with Gasteiger partial charge in [0.15, 0.2) is 5.76 Å². The number of hydrogen-bond donors (Lipinski definition) is 3. The Hall–Kier alpha value is -5.71. The lowest BCUT2D eigenvalue weighted by molar-refractivity contribution is 0.0697. The molecule has 3 N–H and O–H groups in total. The van der Waals surface area contributed by atoms with Crippen molar-refractivity contribution >= 4 is 46.1 Å². The van der Waals surface area contributed by atoms with Gasteiger partial charge in [-0.1, -0.05) is 36.4 Å². The quantitative estimate of drug-likeness (QED) is 0.212. The molecule has 0 aliphatic carbocycles. The Morgan fingerprint density at radius 2 is 1.66 bits per heavy atom. The van der Waals surface area contributed by atoms with Gasteiger partial charge < -0.3 is 30.0 Å². The molecule has 0 spiro atoms. The summed E-state index contributed by atoms with van der Waals surface area (Å²) in [5, 5.41) is 15.6. The molecule has 0 unspecified atom stereocenters. The Morgan fingerprint density at radius 1 is 0.909 bits per heavy atom. The van der Waals surface area contributed by atoms with Crippen LogP contribution in [0.2, 0.25) is 0 Å². The molecule has 2 aromatic heterocycles. The number of nitrogens with zero attached hydrogens (tertiary/aromatic N) is 3. The number of nitrogens with one attached hydrogen (secondary N) is 2. The number of benzene rings is 3. The van der Waals surface area contributed by atoms with E-state index >= 15 is 0 Å². The lowest BCUT2D eigenvalue weighted by Crippen LogP contribution is -2.50. The minimum atomic E-state index is -1.11. The summed E-state index contributed by atoms with van der Waals surface area (Å²) >= 11 is 0. The molecular weight excluding hydrogens is 565 g/mol. The molecule has 5 aromatic rings. The summed E-state index contributed by atoms with van der Waals surface area (Å²) in [6.45, 7) is 3.69. The summed E-state index contributed by atoms with van der Waals surface area (Å²) in [5.41, 5.74) is 3.10. The van der Waals surface area contributed by atoms with Gasteiger partial charge in [-0.05, 0) is 55.0 Å². The number of piperazine rings is 1. The molecule has 0 radical (unpaired) electrons. The van der Waals surface area contributed by atoms with Crippen LogP contribution in [-0.4, -0.2) is 59.1 Å². The Bertz CT molecular complexity index is 1880. The number of carbonyl (C=O) groups excluding carboxylic acids is 2. The first kappa shape index (κ1) is 28.4. The standard InChI is InChI=1S/C33H28FN5O5/c1-20-25-18-21(23-6-2-4-8-26(23)34)10-12-28(25)44-30(20)31(40)36-22-11-13-29(35-19-22)38-14-16-39(17-15-38)33(43)37-27-9-5-3-7-24(27)32(41)42/h2-13,18-19H,14-17H2,1H3,(H,36,40)(H,37,43)(H,41,42). The molecule has 222 valence electrons. The zero-order valence-corrected chi connectivity index (χ0v) is 23.7. The summed E-state index contributed by atoms with van der Waals surface area (Å²) in [5.74, 6) is -1.01. The van der Waals surface area contributed by atoms with E-state index in [1.807, 2.05) is 11.0 Å². The molecule has 0 saturated carbocycles. The van der Waals surface area contributed by atoms with E-state index in [9.17, 15) is 23.9 Å². The SMILES string of the molecule is Cc1c(C(=O)Nc2ccc(N3CCN(C(=O)Nc4ccccc4C(=O)O)CC3)nc2)oc2ccc(-c3ccccc3F)cc12. The van der Waals surface area contributed by atoms with Gasteiger partial charge in [-0.2, -0.15) is 0 Å². The predicted molar refractivity (Wildman–Crippen MR) is 165 cm³/mol. The second kappa shape index (κ2) is 11.9. The van der Waals surface area contributed by atoms with E-state index < -0.39 is 11.9 Å². The molecule has 0 atom stereocenters. The van der Waals surface area contributed by atoms with Crippen LogP contribution in [-0.2, 0) is 0 Å². The number of halogens is 1. The van der Waals surface area contributed by atoms with Gasteiger partial charge in [0, 0.05) is 42.7 Å². The van der Waals surface area contributed by atoms with Gasteiger partial charge >= 0.3 is 12.0 Å².